The van der Waals surface area contributed by atoms with Crippen LogP contribution in [-0.2, 0) is 23.8 Å². The maximum Gasteiger partial charge on any atom is 0.303 e. The molecule has 0 aromatic rings. The molecule has 0 radical (unpaired) electrons. The number of carbonyl (C=O) groups is 2. The molecule has 7 heteroatoms. The van der Waals surface area contributed by atoms with Gasteiger partial charge < -0.3 is 24.4 Å². The molecule has 1 aliphatic heterocycles. The van der Waals surface area contributed by atoms with Crippen LogP contribution >= 0.6 is 0 Å². The zero-order chi connectivity index (χ0) is 13.2. The Bertz CT molecular complexity index is 303. The Morgan fingerprint density at radius 3 is 2.00 bits per heavy atom. The summed E-state index contributed by atoms with van der Waals surface area (Å²) in [4.78, 5) is 21.8. The average molecular weight is 248 g/mol. The normalized spacial score (nSPS) is 37.4. The van der Waals surface area contributed by atoms with E-state index in [1.165, 1.54) is 6.92 Å². The quantitative estimate of drug-likeness (QED) is 0.601. The summed E-state index contributed by atoms with van der Waals surface area (Å²) in [5.74, 6) is -1.24. The number of carbonyl (C=O) groups excluding carboxylic acids is 2. The SMILES string of the molecule is CC(=O)O[C@H]1[C@H](OC(C)=O)[C@@H](C)OC(O)[C@H]1O. The number of esters is 2. The zero-order valence-corrected chi connectivity index (χ0v) is 9.82. The maximum atomic E-state index is 10.9. The molecule has 0 saturated carbocycles. The Morgan fingerprint density at radius 2 is 1.53 bits per heavy atom. The van der Waals surface area contributed by atoms with Gasteiger partial charge in [-0.05, 0) is 6.92 Å². The highest BCUT2D eigenvalue weighted by Crippen LogP contribution is 2.24. The predicted octanol–water partition coefficient (Wildman–Crippen LogP) is -1.05. The molecule has 1 saturated heterocycles. The third-order valence-corrected chi connectivity index (χ3v) is 2.37. The molecule has 1 aliphatic rings. The number of aliphatic hydroxyl groups is 2. The number of hydrogen-bond donors (Lipinski definition) is 2. The molecule has 1 unspecified atom stereocenters. The van der Waals surface area contributed by atoms with Gasteiger partial charge in [0.25, 0.3) is 0 Å². The van der Waals surface area contributed by atoms with Crippen molar-refractivity contribution in [1.29, 1.82) is 0 Å². The first kappa shape index (κ1) is 13.9. The van der Waals surface area contributed by atoms with E-state index in [1.54, 1.807) is 6.92 Å². The lowest BCUT2D eigenvalue weighted by atomic mass is 9.99. The van der Waals surface area contributed by atoms with Crippen LogP contribution in [0.2, 0.25) is 0 Å². The van der Waals surface area contributed by atoms with Crippen LogP contribution in [0.4, 0.5) is 0 Å². The largest absolute Gasteiger partial charge is 0.456 e. The lowest BCUT2D eigenvalue weighted by Gasteiger charge is -2.40. The van der Waals surface area contributed by atoms with Crippen LogP contribution in [0.3, 0.4) is 0 Å². The number of aliphatic hydroxyl groups excluding tert-OH is 2. The van der Waals surface area contributed by atoms with Gasteiger partial charge >= 0.3 is 11.9 Å². The van der Waals surface area contributed by atoms with Crippen molar-refractivity contribution in [3.8, 4) is 0 Å². The predicted molar refractivity (Wildman–Crippen MR) is 53.7 cm³/mol. The summed E-state index contributed by atoms with van der Waals surface area (Å²) in [5, 5.41) is 19.0. The molecule has 98 valence electrons. The van der Waals surface area contributed by atoms with Crippen molar-refractivity contribution in [2.75, 3.05) is 0 Å². The lowest BCUT2D eigenvalue weighted by Crippen LogP contribution is -2.59. The van der Waals surface area contributed by atoms with Crippen molar-refractivity contribution < 1.29 is 34.0 Å². The second-order valence-corrected chi connectivity index (χ2v) is 3.87. The van der Waals surface area contributed by atoms with E-state index in [0.29, 0.717) is 0 Å². The van der Waals surface area contributed by atoms with E-state index in [9.17, 15) is 19.8 Å². The Labute approximate surface area is 98.3 Å². The van der Waals surface area contributed by atoms with E-state index < -0.39 is 42.6 Å². The fourth-order valence-corrected chi connectivity index (χ4v) is 1.68. The molecule has 1 heterocycles. The first-order valence-corrected chi connectivity index (χ1v) is 5.19. The fraction of sp³-hybridized carbons (Fsp3) is 0.800. The topological polar surface area (TPSA) is 102 Å². The average Bonchev–Trinajstić information content (AvgIpc) is 2.19. The monoisotopic (exact) mass is 248 g/mol. The van der Waals surface area contributed by atoms with E-state index >= 15 is 0 Å². The molecular formula is C10H16O7. The second-order valence-electron chi connectivity index (χ2n) is 3.87. The number of ether oxygens (including phenoxy) is 3. The standard InChI is InChI=1S/C10H16O7/c1-4-8(16-5(2)11)9(17-6(3)12)7(13)10(14)15-4/h4,7-10,13-14H,1-3H3/t4-,7+,8-,9-,10?/m1/s1. The van der Waals surface area contributed by atoms with Gasteiger partial charge in [-0.1, -0.05) is 0 Å². The number of rotatable bonds is 2. The van der Waals surface area contributed by atoms with E-state index in [-0.39, 0.29) is 0 Å². The highest BCUT2D eigenvalue weighted by molar-refractivity contribution is 5.67. The Kier molecular flexibility index (Phi) is 4.44. The minimum absolute atomic E-state index is 0.591. The van der Waals surface area contributed by atoms with Gasteiger partial charge in [-0.25, -0.2) is 0 Å². The zero-order valence-electron chi connectivity index (χ0n) is 9.82. The summed E-state index contributed by atoms with van der Waals surface area (Å²) < 4.78 is 14.7. The molecule has 7 nitrogen and oxygen atoms in total. The van der Waals surface area contributed by atoms with Gasteiger partial charge in [0.1, 0.15) is 6.10 Å². The van der Waals surface area contributed by atoms with Crippen molar-refractivity contribution in [3.05, 3.63) is 0 Å². The highest BCUT2D eigenvalue weighted by atomic mass is 16.7. The summed E-state index contributed by atoms with van der Waals surface area (Å²) in [7, 11) is 0. The molecule has 0 bridgehead atoms. The van der Waals surface area contributed by atoms with Crippen LogP contribution in [0.25, 0.3) is 0 Å². The molecule has 5 atom stereocenters. The van der Waals surface area contributed by atoms with Gasteiger partial charge in [-0.15, -0.1) is 0 Å². The minimum Gasteiger partial charge on any atom is -0.456 e. The van der Waals surface area contributed by atoms with Crippen LogP contribution in [0.1, 0.15) is 20.8 Å². The molecular weight excluding hydrogens is 232 g/mol. The van der Waals surface area contributed by atoms with E-state index in [1.807, 2.05) is 0 Å². The molecule has 0 aromatic carbocycles. The van der Waals surface area contributed by atoms with Gasteiger partial charge in [0.2, 0.25) is 0 Å². The Morgan fingerprint density at radius 1 is 1.06 bits per heavy atom. The van der Waals surface area contributed by atoms with Gasteiger partial charge in [-0.2, -0.15) is 0 Å². The smallest absolute Gasteiger partial charge is 0.303 e. The fourth-order valence-electron chi connectivity index (χ4n) is 1.68. The molecule has 0 amide bonds. The van der Waals surface area contributed by atoms with Gasteiger partial charge in [0.05, 0.1) is 6.10 Å². The molecule has 0 aromatic heterocycles. The van der Waals surface area contributed by atoms with Crippen LogP contribution in [-0.4, -0.2) is 52.9 Å². The number of hydrogen-bond acceptors (Lipinski definition) is 7. The summed E-state index contributed by atoms with van der Waals surface area (Å²) >= 11 is 0. The van der Waals surface area contributed by atoms with Gasteiger partial charge in [-0.3, -0.25) is 9.59 Å². The molecule has 0 aliphatic carbocycles. The van der Waals surface area contributed by atoms with Crippen molar-refractivity contribution >= 4 is 11.9 Å². The van der Waals surface area contributed by atoms with Crippen LogP contribution in [0.15, 0.2) is 0 Å². The van der Waals surface area contributed by atoms with E-state index in [4.69, 9.17) is 14.2 Å². The van der Waals surface area contributed by atoms with E-state index in [2.05, 4.69) is 0 Å². The van der Waals surface area contributed by atoms with Crippen LogP contribution in [0, 0.1) is 0 Å². The van der Waals surface area contributed by atoms with Crippen molar-refractivity contribution in [2.24, 2.45) is 0 Å². The maximum absolute atomic E-state index is 10.9. The lowest BCUT2D eigenvalue weighted by molar-refractivity contribution is -0.284. The third-order valence-electron chi connectivity index (χ3n) is 2.37. The first-order valence-electron chi connectivity index (χ1n) is 5.19. The molecule has 17 heavy (non-hydrogen) atoms. The highest BCUT2D eigenvalue weighted by Gasteiger charge is 2.46. The van der Waals surface area contributed by atoms with Crippen LogP contribution < -0.4 is 0 Å². The summed E-state index contributed by atoms with van der Waals surface area (Å²) in [6.07, 6.45) is -5.73. The summed E-state index contributed by atoms with van der Waals surface area (Å²) in [5.41, 5.74) is 0. The molecule has 2 N–H and O–H groups in total. The molecule has 1 fully saturated rings. The molecule has 1 rings (SSSR count). The Balaban J connectivity index is 2.86. The minimum atomic E-state index is -1.49. The van der Waals surface area contributed by atoms with Crippen LogP contribution in [0.5, 0.6) is 0 Å². The van der Waals surface area contributed by atoms with Gasteiger partial charge in [0.15, 0.2) is 18.5 Å². The van der Waals surface area contributed by atoms with E-state index in [0.717, 1.165) is 6.92 Å². The third kappa shape index (κ3) is 3.39. The van der Waals surface area contributed by atoms with Gasteiger partial charge in [0, 0.05) is 13.8 Å². The first-order chi connectivity index (χ1) is 7.82. The van der Waals surface area contributed by atoms with Crippen molar-refractivity contribution in [1.82, 2.24) is 0 Å². The van der Waals surface area contributed by atoms with Crippen molar-refractivity contribution in [2.45, 2.75) is 51.5 Å². The molecule has 0 spiro atoms. The second kappa shape index (κ2) is 5.44. The summed E-state index contributed by atoms with van der Waals surface area (Å²) in [6.45, 7) is 3.89. The Hall–Kier alpha value is -1.18. The van der Waals surface area contributed by atoms with Crippen molar-refractivity contribution in [3.63, 3.8) is 0 Å². The summed E-state index contributed by atoms with van der Waals surface area (Å²) in [6, 6.07) is 0.